The van der Waals surface area contributed by atoms with Crippen molar-refractivity contribution in [3.05, 3.63) is 65.7 Å². The van der Waals surface area contributed by atoms with Crippen LogP contribution in [0.4, 0.5) is 5.69 Å². The molecular weight excluding hydrogens is 250 g/mol. The van der Waals surface area contributed by atoms with E-state index < -0.39 is 6.10 Å². The van der Waals surface area contributed by atoms with E-state index in [1.165, 1.54) is 5.56 Å². The first-order valence-corrected chi connectivity index (χ1v) is 6.99. The first-order chi connectivity index (χ1) is 9.81. The zero-order chi connectivity index (χ0) is 13.9. The van der Waals surface area contributed by atoms with Crippen LogP contribution in [0.1, 0.15) is 17.2 Å². The third-order valence-corrected chi connectivity index (χ3v) is 3.95. The topological polar surface area (TPSA) is 43.7 Å². The molecule has 3 nitrogen and oxygen atoms in total. The van der Waals surface area contributed by atoms with Gasteiger partial charge in [0.1, 0.15) is 6.10 Å². The van der Waals surface area contributed by atoms with Gasteiger partial charge in [-0.2, -0.15) is 0 Å². The molecular formula is C17H19NO2. The molecule has 0 spiro atoms. The van der Waals surface area contributed by atoms with E-state index in [-0.39, 0.29) is 12.6 Å². The Morgan fingerprint density at radius 1 is 1.00 bits per heavy atom. The molecule has 2 aromatic carbocycles. The minimum absolute atomic E-state index is 0.204. The normalized spacial score (nSPS) is 16.8. The summed E-state index contributed by atoms with van der Waals surface area (Å²) in [6.07, 6.45) is 0.195. The van der Waals surface area contributed by atoms with Gasteiger partial charge in [-0.05, 0) is 23.6 Å². The number of hydrogen-bond acceptors (Lipinski definition) is 3. The van der Waals surface area contributed by atoms with E-state index in [2.05, 4.69) is 17.0 Å². The summed E-state index contributed by atoms with van der Waals surface area (Å²) in [5.74, 6) is 0. The average molecular weight is 269 g/mol. The summed E-state index contributed by atoms with van der Waals surface area (Å²) < 4.78 is 0. The molecule has 0 amide bonds. The molecule has 2 unspecified atom stereocenters. The highest BCUT2D eigenvalue weighted by molar-refractivity contribution is 5.59. The van der Waals surface area contributed by atoms with E-state index in [0.29, 0.717) is 0 Å². The lowest BCUT2D eigenvalue weighted by atomic mass is 10.00. The second-order valence-electron chi connectivity index (χ2n) is 5.18. The van der Waals surface area contributed by atoms with Crippen LogP contribution in [0, 0.1) is 0 Å². The largest absolute Gasteiger partial charge is 0.394 e. The van der Waals surface area contributed by atoms with Crippen LogP contribution in [-0.4, -0.2) is 29.5 Å². The highest BCUT2D eigenvalue weighted by Gasteiger charge is 2.31. The third kappa shape index (κ3) is 2.30. The molecule has 2 N–H and O–H groups in total. The maximum Gasteiger partial charge on any atom is 0.101 e. The molecule has 20 heavy (non-hydrogen) atoms. The van der Waals surface area contributed by atoms with E-state index in [1.807, 2.05) is 42.5 Å². The number of hydrogen-bond donors (Lipinski definition) is 2. The van der Waals surface area contributed by atoms with Gasteiger partial charge in [-0.25, -0.2) is 0 Å². The van der Waals surface area contributed by atoms with Gasteiger partial charge in [0.15, 0.2) is 0 Å². The van der Waals surface area contributed by atoms with Crippen molar-refractivity contribution in [2.45, 2.75) is 18.6 Å². The SMILES string of the molecule is OCC(O)C(c1ccccc1)N1CCc2ccccc21. The molecule has 1 heterocycles. The van der Waals surface area contributed by atoms with Crippen molar-refractivity contribution in [1.29, 1.82) is 0 Å². The van der Waals surface area contributed by atoms with Crippen LogP contribution in [-0.2, 0) is 6.42 Å². The number of fused-ring (bicyclic) bond motifs is 1. The Morgan fingerprint density at radius 2 is 1.70 bits per heavy atom. The molecule has 0 radical (unpaired) electrons. The molecule has 3 rings (SSSR count). The van der Waals surface area contributed by atoms with Crippen molar-refractivity contribution in [3.63, 3.8) is 0 Å². The Hall–Kier alpha value is -1.84. The Kier molecular flexibility index (Phi) is 3.72. The molecule has 0 aromatic heterocycles. The van der Waals surface area contributed by atoms with Crippen molar-refractivity contribution >= 4 is 5.69 Å². The molecule has 2 aromatic rings. The van der Waals surface area contributed by atoms with Gasteiger partial charge in [-0.3, -0.25) is 0 Å². The zero-order valence-corrected chi connectivity index (χ0v) is 11.3. The van der Waals surface area contributed by atoms with Gasteiger partial charge >= 0.3 is 0 Å². The number of benzene rings is 2. The van der Waals surface area contributed by atoms with Crippen LogP contribution in [0.2, 0.25) is 0 Å². The molecule has 0 bridgehead atoms. The molecule has 2 atom stereocenters. The lowest BCUT2D eigenvalue weighted by Gasteiger charge is -2.33. The molecule has 104 valence electrons. The van der Waals surface area contributed by atoms with Gasteiger partial charge in [0.05, 0.1) is 12.6 Å². The van der Waals surface area contributed by atoms with Crippen LogP contribution in [0.5, 0.6) is 0 Å². The summed E-state index contributed by atoms with van der Waals surface area (Å²) in [4.78, 5) is 2.20. The minimum Gasteiger partial charge on any atom is -0.394 e. The van der Waals surface area contributed by atoms with E-state index in [9.17, 15) is 10.2 Å². The van der Waals surface area contributed by atoms with Gasteiger partial charge in [0.25, 0.3) is 0 Å². The van der Waals surface area contributed by atoms with Crippen molar-refractivity contribution < 1.29 is 10.2 Å². The van der Waals surface area contributed by atoms with E-state index in [1.54, 1.807) is 0 Å². The number of rotatable bonds is 4. The monoisotopic (exact) mass is 269 g/mol. The fraction of sp³-hybridized carbons (Fsp3) is 0.294. The molecule has 0 aliphatic carbocycles. The predicted octanol–water partition coefficient (Wildman–Crippen LogP) is 2.14. The first-order valence-electron chi connectivity index (χ1n) is 6.99. The minimum atomic E-state index is -0.788. The second kappa shape index (κ2) is 5.65. The maximum atomic E-state index is 10.3. The zero-order valence-electron chi connectivity index (χ0n) is 11.3. The lowest BCUT2D eigenvalue weighted by molar-refractivity contribution is 0.0717. The Labute approximate surface area is 119 Å². The summed E-state index contributed by atoms with van der Waals surface area (Å²) in [5, 5.41) is 19.7. The van der Waals surface area contributed by atoms with Gasteiger partial charge in [-0.1, -0.05) is 48.5 Å². The second-order valence-corrected chi connectivity index (χ2v) is 5.18. The summed E-state index contributed by atoms with van der Waals surface area (Å²) >= 11 is 0. The van der Waals surface area contributed by atoms with Crippen molar-refractivity contribution in [2.75, 3.05) is 18.1 Å². The van der Waals surface area contributed by atoms with Crippen LogP contribution >= 0.6 is 0 Å². The fourth-order valence-electron chi connectivity index (χ4n) is 3.01. The lowest BCUT2D eigenvalue weighted by Crippen LogP contribution is -2.37. The number of aliphatic hydroxyl groups excluding tert-OH is 2. The maximum absolute atomic E-state index is 10.3. The van der Waals surface area contributed by atoms with Crippen molar-refractivity contribution in [2.24, 2.45) is 0 Å². The standard InChI is InChI=1S/C17H19NO2/c19-12-16(20)17(14-7-2-1-3-8-14)18-11-10-13-6-4-5-9-15(13)18/h1-9,16-17,19-20H,10-12H2. The highest BCUT2D eigenvalue weighted by atomic mass is 16.3. The number of para-hydroxylation sites is 1. The summed E-state index contributed by atoms with van der Waals surface area (Å²) in [5.41, 5.74) is 3.50. The Balaban J connectivity index is 2.00. The average Bonchev–Trinajstić information content (AvgIpc) is 2.92. The summed E-state index contributed by atoms with van der Waals surface area (Å²) in [6, 6.07) is 18.0. The molecule has 0 saturated heterocycles. The van der Waals surface area contributed by atoms with Gasteiger partial charge < -0.3 is 15.1 Å². The smallest absolute Gasteiger partial charge is 0.101 e. The number of anilines is 1. The van der Waals surface area contributed by atoms with E-state index in [0.717, 1.165) is 24.2 Å². The van der Waals surface area contributed by atoms with Gasteiger partial charge in [0.2, 0.25) is 0 Å². The van der Waals surface area contributed by atoms with Crippen molar-refractivity contribution in [3.8, 4) is 0 Å². The fourth-order valence-corrected chi connectivity index (χ4v) is 3.01. The molecule has 0 fully saturated rings. The van der Waals surface area contributed by atoms with Crippen LogP contribution in [0.3, 0.4) is 0 Å². The third-order valence-electron chi connectivity index (χ3n) is 3.95. The predicted molar refractivity (Wildman–Crippen MR) is 79.8 cm³/mol. The summed E-state index contributed by atoms with van der Waals surface area (Å²) in [7, 11) is 0. The molecule has 1 aliphatic heterocycles. The van der Waals surface area contributed by atoms with Crippen LogP contribution in [0.15, 0.2) is 54.6 Å². The van der Waals surface area contributed by atoms with Gasteiger partial charge in [-0.15, -0.1) is 0 Å². The quantitative estimate of drug-likeness (QED) is 0.894. The first kappa shape index (κ1) is 13.2. The molecule has 3 heteroatoms. The number of nitrogens with zero attached hydrogens (tertiary/aromatic N) is 1. The van der Waals surface area contributed by atoms with E-state index in [4.69, 9.17) is 0 Å². The Bertz CT molecular complexity index is 570. The summed E-state index contributed by atoms with van der Waals surface area (Å²) in [6.45, 7) is 0.633. The van der Waals surface area contributed by atoms with Crippen molar-refractivity contribution in [1.82, 2.24) is 0 Å². The molecule has 1 aliphatic rings. The Morgan fingerprint density at radius 3 is 2.45 bits per heavy atom. The van der Waals surface area contributed by atoms with Gasteiger partial charge in [0, 0.05) is 12.2 Å². The number of aliphatic hydroxyl groups is 2. The molecule has 0 saturated carbocycles. The highest BCUT2D eigenvalue weighted by Crippen LogP contribution is 2.36. The van der Waals surface area contributed by atoms with Crippen LogP contribution in [0.25, 0.3) is 0 Å². The van der Waals surface area contributed by atoms with E-state index >= 15 is 0 Å². The van der Waals surface area contributed by atoms with Crippen LogP contribution < -0.4 is 4.90 Å².